The second-order valence-electron chi connectivity index (χ2n) is 2.90. The van der Waals surface area contributed by atoms with Gasteiger partial charge in [0.25, 0.3) is 0 Å². The topological polar surface area (TPSA) is 34.1 Å². The van der Waals surface area contributed by atoms with E-state index in [4.69, 9.17) is 0 Å². The zero-order valence-corrected chi connectivity index (χ0v) is 11.4. The molecule has 0 fully saturated rings. The summed E-state index contributed by atoms with van der Waals surface area (Å²) < 4.78 is -0.384. The number of allylic oxidation sites excluding steroid dienone is 2. The van der Waals surface area contributed by atoms with Crippen LogP contribution in [0.4, 0.5) is 0 Å². The van der Waals surface area contributed by atoms with Gasteiger partial charge in [-0.2, -0.15) is 0 Å². The van der Waals surface area contributed by atoms with Crippen molar-refractivity contribution in [1.29, 1.82) is 0 Å². The van der Waals surface area contributed by atoms with E-state index in [0.29, 0.717) is 0 Å². The van der Waals surface area contributed by atoms with Gasteiger partial charge in [-0.25, -0.2) is 0 Å². The van der Waals surface area contributed by atoms with Crippen molar-refractivity contribution in [2.75, 3.05) is 0 Å². The quantitative estimate of drug-likeness (QED) is 0.618. The molecular weight excluding hydrogens is 336 g/mol. The lowest BCUT2D eigenvalue weighted by molar-refractivity contribution is -0.107. The van der Waals surface area contributed by atoms with Crippen LogP contribution in [0.1, 0.15) is 11.1 Å². The van der Waals surface area contributed by atoms with Gasteiger partial charge in [0, 0.05) is 0 Å². The van der Waals surface area contributed by atoms with Crippen molar-refractivity contribution in [3.05, 3.63) is 47.5 Å². The zero-order valence-electron chi connectivity index (χ0n) is 8.19. The number of benzene rings is 1. The summed E-state index contributed by atoms with van der Waals surface area (Å²) in [5.74, 6) is 0. The maximum absolute atomic E-state index is 10.7. The van der Waals surface area contributed by atoms with Crippen molar-refractivity contribution in [3.8, 4) is 0 Å². The second-order valence-corrected chi connectivity index (χ2v) is 4.47. The predicted molar refractivity (Wildman–Crippen MR) is 72.4 cm³/mol. The molecular formula is C12H8Br2O2. The average molecular weight is 344 g/mol. The number of hydrogen-bond acceptors (Lipinski definition) is 2. The summed E-state index contributed by atoms with van der Waals surface area (Å²) in [6, 6.07) is 7.47. The van der Waals surface area contributed by atoms with E-state index in [0.717, 1.165) is 11.1 Å². The van der Waals surface area contributed by atoms with E-state index < -0.39 is 0 Å². The highest BCUT2D eigenvalue weighted by molar-refractivity contribution is 9.18. The van der Waals surface area contributed by atoms with Gasteiger partial charge in [-0.1, -0.05) is 24.3 Å². The molecule has 2 nitrogen and oxygen atoms in total. The van der Waals surface area contributed by atoms with Gasteiger partial charge in [0.1, 0.15) is 0 Å². The van der Waals surface area contributed by atoms with Crippen molar-refractivity contribution < 1.29 is 9.59 Å². The Hall–Kier alpha value is -1.000. The molecule has 0 unspecified atom stereocenters. The first-order valence-electron chi connectivity index (χ1n) is 4.43. The standard InChI is InChI=1S/C12H8Br2O2/c13-11(15)7-5-9-3-1-2-4-10(9)6-8-12(14)16/h1-8H. The average Bonchev–Trinajstić information content (AvgIpc) is 2.24. The molecule has 0 aliphatic carbocycles. The van der Waals surface area contributed by atoms with E-state index in [9.17, 15) is 9.59 Å². The lowest BCUT2D eigenvalue weighted by Gasteiger charge is -1.98. The van der Waals surface area contributed by atoms with Crippen LogP contribution in [-0.2, 0) is 9.59 Å². The SMILES string of the molecule is O=C(Br)C=Cc1ccccc1C=CC(=O)Br. The fourth-order valence-corrected chi connectivity index (χ4v) is 1.39. The minimum absolute atomic E-state index is 0.192. The van der Waals surface area contributed by atoms with Crippen molar-refractivity contribution >= 4 is 53.4 Å². The van der Waals surface area contributed by atoms with Crippen LogP contribution in [-0.4, -0.2) is 9.39 Å². The molecule has 0 bridgehead atoms. The van der Waals surface area contributed by atoms with Crippen LogP contribution in [0.5, 0.6) is 0 Å². The first kappa shape index (κ1) is 13.1. The van der Waals surface area contributed by atoms with Gasteiger partial charge in [-0.15, -0.1) is 0 Å². The van der Waals surface area contributed by atoms with Crippen molar-refractivity contribution in [2.45, 2.75) is 0 Å². The van der Waals surface area contributed by atoms with Gasteiger partial charge in [0.2, 0.25) is 9.39 Å². The Morgan fingerprint density at radius 3 is 1.56 bits per heavy atom. The summed E-state index contributed by atoms with van der Waals surface area (Å²) in [4.78, 5) is 21.5. The van der Waals surface area contributed by atoms with Crippen LogP contribution in [0.15, 0.2) is 36.4 Å². The van der Waals surface area contributed by atoms with Crippen LogP contribution in [0.3, 0.4) is 0 Å². The molecule has 0 aliphatic rings. The lowest BCUT2D eigenvalue weighted by atomic mass is 10.1. The Bertz CT molecular complexity index is 419. The van der Waals surface area contributed by atoms with E-state index in [2.05, 4.69) is 31.9 Å². The molecule has 0 N–H and O–H groups in total. The van der Waals surface area contributed by atoms with Gasteiger partial charge in [0.05, 0.1) is 0 Å². The molecule has 82 valence electrons. The molecule has 0 atom stereocenters. The van der Waals surface area contributed by atoms with E-state index in [1.54, 1.807) is 12.2 Å². The highest BCUT2D eigenvalue weighted by atomic mass is 79.9. The molecule has 1 aromatic rings. The lowest BCUT2D eigenvalue weighted by Crippen LogP contribution is -1.82. The zero-order chi connectivity index (χ0) is 12.0. The maximum Gasteiger partial charge on any atom is 0.220 e. The molecule has 0 aromatic heterocycles. The summed E-state index contributed by atoms with van der Waals surface area (Å²) >= 11 is 5.63. The van der Waals surface area contributed by atoms with Gasteiger partial charge in [-0.3, -0.25) is 9.59 Å². The fourth-order valence-electron chi connectivity index (χ4n) is 1.13. The van der Waals surface area contributed by atoms with Crippen molar-refractivity contribution in [3.63, 3.8) is 0 Å². The number of carbonyl (C=O) groups excluding carboxylic acids is 2. The summed E-state index contributed by atoms with van der Waals surface area (Å²) in [6.07, 6.45) is 6.22. The highest BCUT2D eigenvalue weighted by Crippen LogP contribution is 2.13. The summed E-state index contributed by atoms with van der Waals surface area (Å²) in [6.45, 7) is 0. The molecule has 0 aliphatic heterocycles. The largest absolute Gasteiger partial charge is 0.282 e. The molecule has 0 heterocycles. The molecule has 1 rings (SSSR count). The van der Waals surface area contributed by atoms with Gasteiger partial charge in [0.15, 0.2) is 0 Å². The first-order chi connectivity index (χ1) is 7.59. The summed E-state index contributed by atoms with van der Waals surface area (Å²) in [5.41, 5.74) is 1.75. The Kier molecular flexibility index (Phi) is 5.35. The second kappa shape index (κ2) is 6.55. The van der Waals surface area contributed by atoms with Crippen molar-refractivity contribution in [2.24, 2.45) is 0 Å². The van der Waals surface area contributed by atoms with Crippen molar-refractivity contribution in [1.82, 2.24) is 0 Å². The Morgan fingerprint density at radius 1 is 0.875 bits per heavy atom. The predicted octanol–water partition coefficient (Wildman–Crippen LogP) is 3.56. The molecule has 0 saturated carbocycles. The number of hydrogen-bond donors (Lipinski definition) is 0. The third-order valence-corrected chi connectivity index (χ3v) is 2.31. The molecule has 0 saturated heterocycles. The van der Waals surface area contributed by atoms with Gasteiger partial charge < -0.3 is 0 Å². The number of rotatable bonds is 4. The Labute approximate surface area is 110 Å². The Morgan fingerprint density at radius 2 is 1.25 bits per heavy atom. The minimum Gasteiger partial charge on any atom is -0.282 e. The highest BCUT2D eigenvalue weighted by Gasteiger charge is 1.96. The van der Waals surface area contributed by atoms with E-state index in [-0.39, 0.29) is 9.39 Å². The minimum atomic E-state index is -0.192. The normalized spacial score (nSPS) is 11.1. The van der Waals surface area contributed by atoms with Crippen LogP contribution in [0.25, 0.3) is 12.2 Å². The number of carbonyl (C=O) groups is 2. The Balaban J connectivity index is 3.00. The van der Waals surface area contributed by atoms with Gasteiger partial charge in [-0.05, 0) is 67.3 Å². The van der Waals surface area contributed by atoms with Crippen LogP contribution in [0, 0.1) is 0 Å². The van der Waals surface area contributed by atoms with E-state index >= 15 is 0 Å². The third kappa shape index (κ3) is 4.68. The summed E-state index contributed by atoms with van der Waals surface area (Å²) in [7, 11) is 0. The molecule has 0 radical (unpaired) electrons. The number of halogens is 2. The third-order valence-electron chi connectivity index (χ3n) is 1.78. The smallest absolute Gasteiger partial charge is 0.220 e. The fraction of sp³-hybridized carbons (Fsp3) is 0. The summed E-state index contributed by atoms with van der Waals surface area (Å²) in [5, 5.41) is 0. The maximum atomic E-state index is 10.7. The molecule has 0 spiro atoms. The molecule has 1 aromatic carbocycles. The molecule has 4 heteroatoms. The van der Waals surface area contributed by atoms with Crippen LogP contribution in [0.2, 0.25) is 0 Å². The van der Waals surface area contributed by atoms with E-state index in [1.807, 2.05) is 24.3 Å². The van der Waals surface area contributed by atoms with Gasteiger partial charge >= 0.3 is 0 Å². The first-order valence-corrected chi connectivity index (χ1v) is 6.02. The van der Waals surface area contributed by atoms with E-state index in [1.165, 1.54) is 12.2 Å². The monoisotopic (exact) mass is 342 g/mol. The van der Waals surface area contributed by atoms with Crippen LogP contribution < -0.4 is 0 Å². The van der Waals surface area contributed by atoms with Crippen LogP contribution >= 0.6 is 31.9 Å². The molecule has 0 amide bonds. The molecule has 16 heavy (non-hydrogen) atoms.